The van der Waals surface area contributed by atoms with Crippen LogP contribution in [0.5, 0.6) is 5.75 Å². The molecule has 0 bridgehead atoms. The van der Waals surface area contributed by atoms with E-state index >= 15 is 0 Å². The number of amides is 1. The fourth-order valence-electron chi connectivity index (χ4n) is 4.57. The highest BCUT2D eigenvalue weighted by Crippen LogP contribution is 2.49. The van der Waals surface area contributed by atoms with Gasteiger partial charge in [-0.25, -0.2) is 0 Å². The molecule has 5 nitrogen and oxygen atoms in total. The van der Waals surface area contributed by atoms with Gasteiger partial charge in [-0.2, -0.15) is 0 Å². The van der Waals surface area contributed by atoms with Crippen LogP contribution in [0.4, 0.5) is 0 Å². The topological polar surface area (TPSA) is 75.8 Å². The van der Waals surface area contributed by atoms with Gasteiger partial charge in [-0.1, -0.05) is 42.5 Å². The number of hydrogen-bond donors (Lipinski definition) is 2. The third-order valence-electron chi connectivity index (χ3n) is 6.10. The molecular weight excluding hydrogens is 340 g/mol. The van der Waals surface area contributed by atoms with Crippen LogP contribution in [-0.2, 0) is 10.2 Å². The van der Waals surface area contributed by atoms with Gasteiger partial charge in [0, 0.05) is 18.5 Å². The quantitative estimate of drug-likeness (QED) is 0.871. The summed E-state index contributed by atoms with van der Waals surface area (Å²) >= 11 is 0. The first kappa shape index (κ1) is 18.0. The highest BCUT2D eigenvalue weighted by molar-refractivity contribution is 5.76. The maximum absolute atomic E-state index is 12.5. The van der Waals surface area contributed by atoms with Gasteiger partial charge in [0.1, 0.15) is 5.75 Å². The van der Waals surface area contributed by atoms with Crippen LogP contribution in [0.3, 0.4) is 0 Å². The number of piperidine rings is 1. The van der Waals surface area contributed by atoms with Gasteiger partial charge >= 0.3 is 0 Å². The Morgan fingerprint density at radius 3 is 2.52 bits per heavy atom. The summed E-state index contributed by atoms with van der Waals surface area (Å²) < 4.78 is 5.63. The summed E-state index contributed by atoms with van der Waals surface area (Å²) in [5, 5.41) is 10.8. The van der Waals surface area contributed by atoms with Crippen molar-refractivity contribution in [2.45, 2.75) is 36.8 Å². The molecule has 142 valence electrons. The minimum Gasteiger partial charge on any atom is -0.493 e. The number of hydrogen-bond acceptors (Lipinski definition) is 4. The van der Waals surface area contributed by atoms with E-state index in [9.17, 15) is 9.90 Å². The smallest absolute Gasteiger partial charge is 0.225 e. The highest BCUT2D eigenvalue weighted by Gasteiger charge is 2.51. The van der Waals surface area contributed by atoms with Gasteiger partial charge in [0.05, 0.1) is 25.2 Å². The van der Waals surface area contributed by atoms with Crippen LogP contribution >= 0.6 is 0 Å². The van der Waals surface area contributed by atoms with E-state index in [2.05, 4.69) is 6.07 Å². The normalized spacial score (nSPS) is 23.3. The molecule has 0 aromatic heterocycles. The lowest BCUT2D eigenvalue weighted by Gasteiger charge is -2.42. The molecule has 3 N–H and O–H groups in total. The summed E-state index contributed by atoms with van der Waals surface area (Å²) in [4.78, 5) is 14.4. The summed E-state index contributed by atoms with van der Waals surface area (Å²) in [5.74, 6) is 0.883. The van der Waals surface area contributed by atoms with Crippen molar-refractivity contribution in [3.8, 4) is 5.75 Å². The van der Waals surface area contributed by atoms with Gasteiger partial charge in [-0.15, -0.1) is 0 Å². The van der Waals surface area contributed by atoms with Gasteiger partial charge in [0.2, 0.25) is 5.91 Å². The minimum absolute atomic E-state index is 0.103. The predicted octanol–water partition coefficient (Wildman–Crippen LogP) is 2.39. The van der Waals surface area contributed by atoms with Crippen molar-refractivity contribution in [2.75, 3.05) is 19.7 Å². The molecule has 1 amide bonds. The number of nitrogens with zero attached hydrogens (tertiary/aromatic N) is 1. The van der Waals surface area contributed by atoms with E-state index in [1.54, 1.807) is 0 Å². The standard InChI is InChI=1S/C22H26N2O3/c23-20-17-8-4-5-9-18(17)22(21(20)26)11-13-24(14-12-22)19(25)10-15-27-16-6-2-1-3-7-16/h1-9,20-21,26H,10-15,23H2/t20-,21+/m0/s1. The average Bonchev–Trinajstić information content (AvgIpc) is 2.92. The third-order valence-corrected chi connectivity index (χ3v) is 6.10. The van der Waals surface area contributed by atoms with Crippen molar-refractivity contribution in [1.82, 2.24) is 4.90 Å². The molecule has 4 rings (SSSR count). The molecule has 1 spiro atoms. The molecule has 2 aromatic rings. The monoisotopic (exact) mass is 366 g/mol. The van der Waals surface area contributed by atoms with Crippen LogP contribution in [-0.4, -0.2) is 41.7 Å². The lowest BCUT2D eigenvalue weighted by atomic mass is 9.72. The maximum Gasteiger partial charge on any atom is 0.225 e. The summed E-state index contributed by atoms with van der Waals surface area (Å²) in [6.45, 7) is 1.66. The summed E-state index contributed by atoms with van der Waals surface area (Å²) in [6, 6.07) is 17.3. The minimum atomic E-state index is -0.589. The number of nitrogens with two attached hydrogens (primary N) is 1. The van der Waals surface area contributed by atoms with Crippen molar-refractivity contribution in [3.05, 3.63) is 65.7 Å². The van der Waals surface area contributed by atoms with E-state index in [1.165, 1.54) is 0 Å². The second kappa shape index (κ2) is 7.33. The van der Waals surface area contributed by atoms with Crippen molar-refractivity contribution < 1.29 is 14.6 Å². The maximum atomic E-state index is 12.5. The molecule has 27 heavy (non-hydrogen) atoms. The SMILES string of the molecule is N[C@H]1c2ccccc2C2(CCN(C(=O)CCOc3ccccc3)CC2)[C@@H]1O. The second-order valence-electron chi connectivity index (χ2n) is 7.51. The number of likely N-dealkylation sites (tertiary alicyclic amines) is 1. The van der Waals surface area contributed by atoms with Crippen LogP contribution in [0, 0.1) is 0 Å². The molecule has 0 radical (unpaired) electrons. The summed E-state index contributed by atoms with van der Waals surface area (Å²) in [5.41, 5.74) is 8.14. The molecule has 1 fully saturated rings. The Morgan fingerprint density at radius 1 is 1.11 bits per heavy atom. The molecule has 1 aliphatic carbocycles. The number of benzene rings is 2. The third kappa shape index (κ3) is 3.22. The summed E-state index contributed by atoms with van der Waals surface area (Å²) in [6.07, 6.45) is 1.25. The Morgan fingerprint density at radius 2 is 1.78 bits per heavy atom. The Bertz CT molecular complexity index is 800. The molecule has 1 heterocycles. The molecule has 1 aliphatic heterocycles. The van der Waals surface area contributed by atoms with Gasteiger partial charge in [0.15, 0.2) is 0 Å². The van der Waals surface area contributed by atoms with Crippen LogP contribution in [0.15, 0.2) is 54.6 Å². The molecule has 2 aromatic carbocycles. The van der Waals surface area contributed by atoms with Gasteiger partial charge in [-0.3, -0.25) is 4.79 Å². The molecule has 2 aliphatic rings. The number of fused-ring (bicyclic) bond motifs is 2. The molecule has 0 saturated carbocycles. The molecule has 5 heteroatoms. The number of aliphatic hydroxyl groups is 1. The van der Waals surface area contributed by atoms with Crippen molar-refractivity contribution >= 4 is 5.91 Å². The molecule has 0 unspecified atom stereocenters. The lowest BCUT2D eigenvalue weighted by molar-refractivity contribution is -0.134. The second-order valence-corrected chi connectivity index (χ2v) is 7.51. The number of rotatable bonds is 4. The summed E-state index contributed by atoms with van der Waals surface area (Å²) in [7, 11) is 0. The fraction of sp³-hybridized carbons (Fsp3) is 0.409. The number of ether oxygens (including phenoxy) is 1. The van der Waals surface area contributed by atoms with E-state index < -0.39 is 6.10 Å². The Hall–Kier alpha value is -2.37. The Balaban J connectivity index is 1.35. The molecule has 2 atom stereocenters. The predicted molar refractivity (Wildman–Crippen MR) is 103 cm³/mol. The molecule has 1 saturated heterocycles. The zero-order chi connectivity index (χ0) is 18.9. The van der Waals surface area contributed by atoms with Gasteiger partial charge < -0.3 is 20.5 Å². The van der Waals surface area contributed by atoms with E-state index in [0.29, 0.717) is 26.1 Å². The fourth-order valence-corrected chi connectivity index (χ4v) is 4.57. The van der Waals surface area contributed by atoms with E-state index in [-0.39, 0.29) is 17.4 Å². The van der Waals surface area contributed by atoms with Crippen molar-refractivity contribution in [3.63, 3.8) is 0 Å². The number of aliphatic hydroxyl groups excluding tert-OH is 1. The van der Waals surface area contributed by atoms with Crippen molar-refractivity contribution in [1.29, 1.82) is 0 Å². The molecular formula is C22H26N2O3. The van der Waals surface area contributed by atoms with Crippen LogP contribution in [0.25, 0.3) is 0 Å². The first-order valence-electron chi connectivity index (χ1n) is 9.60. The average molecular weight is 366 g/mol. The van der Waals surface area contributed by atoms with Crippen LogP contribution in [0.1, 0.15) is 36.4 Å². The van der Waals surface area contributed by atoms with Crippen LogP contribution < -0.4 is 10.5 Å². The zero-order valence-corrected chi connectivity index (χ0v) is 15.4. The van der Waals surface area contributed by atoms with Crippen molar-refractivity contribution in [2.24, 2.45) is 5.73 Å². The highest BCUT2D eigenvalue weighted by atomic mass is 16.5. The Kier molecular flexibility index (Phi) is 4.89. The van der Waals surface area contributed by atoms with Gasteiger partial charge in [0.25, 0.3) is 0 Å². The number of carbonyl (C=O) groups excluding carboxylic acids is 1. The Labute approximate surface area is 159 Å². The first-order chi connectivity index (χ1) is 13.1. The van der Waals surface area contributed by atoms with E-state index in [1.807, 2.05) is 53.4 Å². The lowest BCUT2D eigenvalue weighted by Crippen LogP contribution is -2.50. The van der Waals surface area contributed by atoms with Crippen LogP contribution in [0.2, 0.25) is 0 Å². The van der Waals surface area contributed by atoms with E-state index in [4.69, 9.17) is 10.5 Å². The first-order valence-corrected chi connectivity index (χ1v) is 9.60. The zero-order valence-electron chi connectivity index (χ0n) is 15.4. The largest absolute Gasteiger partial charge is 0.493 e. The number of carbonyl (C=O) groups is 1. The van der Waals surface area contributed by atoms with Gasteiger partial charge in [-0.05, 0) is 36.1 Å². The van der Waals surface area contributed by atoms with E-state index in [0.717, 1.165) is 29.7 Å². The number of para-hydroxylation sites is 1.